The zero-order valence-corrected chi connectivity index (χ0v) is 40.1. The number of pyridine rings is 1. The first-order chi connectivity index (χ1) is 30.2. The lowest BCUT2D eigenvalue weighted by Crippen LogP contribution is -2.18. The van der Waals surface area contributed by atoms with Gasteiger partial charge in [-0.3, -0.25) is 9.78 Å². The van der Waals surface area contributed by atoms with Crippen LogP contribution in [0.25, 0.3) is 17.0 Å². The summed E-state index contributed by atoms with van der Waals surface area (Å²) in [5.74, 6) is 4.28. The van der Waals surface area contributed by atoms with Crippen molar-refractivity contribution < 1.29 is 4.79 Å². The molecule has 4 aliphatic rings. The monoisotopic (exact) mass is 839 g/mol. The molecule has 1 aromatic heterocycles. The van der Waals surface area contributed by atoms with E-state index in [1.807, 2.05) is 18.3 Å². The van der Waals surface area contributed by atoms with Crippen LogP contribution in [0.5, 0.6) is 0 Å². The lowest BCUT2D eigenvalue weighted by Gasteiger charge is -2.27. The van der Waals surface area contributed by atoms with E-state index in [0.29, 0.717) is 30.1 Å². The largest absolute Gasteiger partial charge is 0.326 e. The van der Waals surface area contributed by atoms with Crippen molar-refractivity contribution in [2.75, 3.05) is 5.32 Å². The van der Waals surface area contributed by atoms with Crippen LogP contribution in [0, 0.1) is 11.8 Å². The van der Waals surface area contributed by atoms with E-state index in [-0.39, 0.29) is 5.91 Å². The fraction of sp³-hybridized carbons (Fsp3) is 0.400. The fourth-order valence-corrected chi connectivity index (χ4v) is 8.92. The molecule has 3 heteroatoms. The van der Waals surface area contributed by atoms with Gasteiger partial charge in [-0.2, -0.15) is 0 Å². The molecule has 0 saturated heterocycles. The highest BCUT2D eigenvalue weighted by molar-refractivity contribution is 5.99. The van der Waals surface area contributed by atoms with E-state index in [2.05, 4.69) is 189 Å². The maximum Gasteiger partial charge on any atom is 0.228 e. The first-order valence-electron chi connectivity index (χ1n) is 24.0. The lowest BCUT2D eigenvalue weighted by atomic mass is 9.78. The van der Waals surface area contributed by atoms with Crippen molar-refractivity contribution in [2.45, 2.75) is 144 Å². The van der Waals surface area contributed by atoms with E-state index in [9.17, 15) is 4.79 Å². The number of anilines is 1. The topological polar surface area (TPSA) is 42.0 Å². The second-order valence-corrected chi connectivity index (χ2v) is 19.7. The van der Waals surface area contributed by atoms with Crippen LogP contribution in [0.4, 0.5) is 5.69 Å². The van der Waals surface area contributed by atoms with E-state index in [4.69, 9.17) is 0 Å². The normalized spacial score (nSPS) is 15.3. The molecule has 6 aromatic rings. The predicted octanol–water partition coefficient (Wildman–Crippen LogP) is 15.8. The molecule has 5 aromatic carbocycles. The second kappa shape index (κ2) is 22.4. The van der Waals surface area contributed by atoms with Gasteiger partial charge in [0.25, 0.3) is 0 Å². The molecule has 3 nitrogen and oxygen atoms in total. The Labute approximate surface area is 380 Å². The molecule has 0 saturated carbocycles. The number of carbonyl (C=O) groups is 1. The van der Waals surface area contributed by atoms with Crippen LogP contribution >= 0.6 is 0 Å². The van der Waals surface area contributed by atoms with Crippen LogP contribution in [0.2, 0.25) is 0 Å². The number of allylic oxidation sites excluding steroid dienone is 1. The van der Waals surface area contributed by atoms with Crippen molar-refractivity contribution in [1.29, 1.82) is 0 Å². The molecule has 10 rings (SSSR count). The summed E-state index contributed by atoms with van der Waals surface area (Å²) in [4.78, 5) is 15.4. The molecule has 3 aliphatic carbocycles. The number of fused-ring (bicyclic) bond motifs is 5. The Bertz CT molecular complexity index is 2460. The third-order valence-electron chi connectivity index (χ3n) is 13.3. The van der Waals surface area contributed by atoms with E-state index in [1.165, 1.54) is 77.3 Å². The molecule has 330 valence electrons. The predicted molar refractivity (Wildman–Crippen MR) is 271 cm³/mol. The van der Waals surface area contributed by atoms with Crippen LogP contribution in [0.15, 0.2) is 121 Å². The Balaban J connectivity index is 0.000000131. The third kappa shape index (κ3) is 13.1. The zero-order valence-electron chi connectivity index (χ0n) is 40.1. The Morgan fingerprint density at radius 1 is 0.556 bits per heavy atom. The number of nitrogens with one attached hydrogen (secondary N) is 1. The molecule has 1 atom stereocenters. The summed E-state index contributed by atoms with van der Waals surface area (Å²) in [6.45, 7) is 22.4. The number of hydrogen-bond donors (Lipinski definition) is 1. The molecular weight excluding hydrogens is 765 g/mol. The molecule has 0 radical (unpaired) electrons. The summed E-state index contributed by atoms with van der Waals surface area (Å²) in [6.07, 6.45) is 15.9. The number of benzene rings is 5. The Hall–Kier alpha value is -5.28. The van der Waals surface area contributed by atoms with E-state index < -0.39 is 0 Å². The van der Waals surface area contributed by atoms with Gasteiger partial charge in [0.15, 0.2) is 0 Å². The van der Waals surface area contributed by atoms with E-state index >= 15 is 0 Å². The summed E-state index contributed by atoms with van der Waals surface area (Å²) in [6, 6.07) is 39.5. The van der Waals surface area contributed by atoms with Crippen LogP contribution in [-0.2, 0) is 43.3 Å². The molecule has 0 fully saturated rings. The second-order valence-electron chi connectivity index (χ2n) is 19.7. The van der Waals surface area contributed by atoms with Gasteiger partial charge in [-0.1, -0.05) is 166 Å². The van der Waals surface area contributed by atoms with Crippen LogP contribution in [-0.4, -0.2) is 10.9 Å². The van der Waals surface area contributed by atoms with Crippen LogP contribution < -0.4 is 5.32 Å². The van der Waals surface area contributed by atoms with Crippen LogP contribution in [0.3, 0.4) is 0 Å². The quantitative estimate of drug-likeness (QED) is 0.188. The Morgan fingerprint density at radius 3 is 1.84 bits per heavy atom. The SMILES string of the molecule is CC(C)C1CCc2ccccc2C1.CC(C)c1ccc2c(c1)C=CC2.CC(C)c1ccc2c(c1)CCC2.CC(C)c1ccc2c(c1)NC(=O)C2.CC(C)c1ccc2ncccc2c1. The summed E-state index contributed by atoms with van der Waals surface area (Å²) >= 11 is 0. The number of aryl methyl sites for hydroxylation is 3. The molecule has 0 spiro atoms. The van der Waals surface area contributed by atoms with Crippen molar-refractivity contribution in [3.63, 3.8) is 0 Å². The van der Waals surface area contributed by atoms with Crippen molar-refractivity contribution in [1.82, 2.24) is 4.98 Å². The summed E-state index contributed by atoms with van der Waals surface area (Å²) in [5, 5.41) is 4.08. The third-order valence-corrected chi connectivity index (χ3v) is 13.3. The lowest BCUT2D eigenvalue weighted by molar-refractivity contribution is -0.115. The van der Waals surface area contributed by atoms with Gasteiger partial charge in [0.2, 0.25) is 5.91 Å². The highest BCUT2D eigenvalue weighted by Gasteiger charge is 2.21. The Morgan fingerprint density at radius 2 is 1.14 bits per heavy atom. The molecule has 1 unspecified atom stereocenters. The van der Waals surface area contributed by atoms with Gasteiger partial charge in [-0.25, -0.2) is 0 Å². The van der Waals surface area contributed by atoms with Gasteiger partial charge in [0.05, 0.1) is 11.9 Å². The van der Waals surface area contributed by atoms with E-state index in [1.54, 1.807) is 22.3 Å². The zero-order chi connectivity index (χ0) is 45.0. The highest BCUT2D eigenvalue weighted by atomic mass is 16.1. The summed E-state index contributed by atoms with van der Waals surface area (Å²) < 4.78 is 0. The first-order valence-corrected chi connectivity index (χ1v) is 24.0. The molecular formula is C60H74N2O. The van der Waals surface area contributed by atoms with Crippen molar-refractivity contribution in [3.8, 4) is 0 Å². The van der Waals surface area contributed by atoms with Gasteiger partial charge in [-0.15, -0.1) is 0 Å². The van der Waals surface area contributed by atoms with Crippen molar-refractivity contribution in [3.05, 3.63) is 183 Å². The minimum absolute atomic E-state index is 0.107. The van der Waals surface area contributed by atoms with Crippen molar-refractivity contribution in [2.24, 2.45) is 11.8 Å². The molecule has 63 heavy (non-hydrogen) atoms. The average Bonchev–Trinajstić information content (AvgIpc) is 4.05. The van der Waals surface area contributed by atoms with Gasteiger partial charge < -0.3 is 5.32 Å². The van der Waals surface area contributed by atoms with Crippen molar-refractivity contribution >= 4 is 28.6 Å². The number of rotatable bonds is 5. The average molecular weight is 839 g/mol. The minimum atomic E-state index is 0.107. The fourth-order valence-electron chi connectivity index (χ4n) is 8.92. The standard InChI is InChI=1S/C13H18.C12H13N.C12H16.C12H14.C11H13NO/c1-10(2)12-8-7-11-5-3-4-6-13(11)9-12;1-9(2)10-5-6-12-11(8-10)4-3-7-13-12;2*1-9(2)11-7-6-10-4-3-5-12(10)8-11;1-7(2)8-3-4-9-6-11(13)12-10(9)5-8/h3-6,10,12H,7-9H2,1-2H3;3-9H,1-2H3;6-9H,3-5H2,1-2H3;3,5-9H,4H2,1-2H3;3-5,7H,6H2,1-2H3,(H,12,13). The minimum Gasteiger partial charge on any atom is -0.326 e. The summed E-state index contributed by atoms with van der Waals surface area (Å²) in [5.41, 5.74) is 18.0. The van der Waals surface area contributed by atoms with Gasteiger partial charge in [0.1, 0.15) is 0 Å². The number of carbonyl (C=O) groups excluding carboxylic acids is 1. The highest BCUT2D eigenvalue weighted by Crippen LogP contribution is 2.31. The molecule has 2 heterocycles. The molecule has 0 bridgehead atoms. The number of hydrogen-bond acceptors (Lipinski definition) is 2. The molecule has 1 aliphatic heterocycles. The maximum absolute atomic E-state index is 11.1. The molecule has 1 amide bonds. The van der Waals surface area contributed by atoms with E-state index in [0.717, 1.165) is 35.0 Å². The first kappa shape index (κ1) is 47.2. The molecule has 1 N–H and O–H groups in total. The number of nitrogens with zero attached hydrogens (tertiary/aromatic N) is 1. The smallest absolute Gasteiger partial charge is 0.228 e. The Kier molecular flexibility index (Phi) is 16.8. The van der Waals surface area contributed by atoms with Gasteiger partial charge >= 0.3 is 0 Å². The summed E-state index contributed by atoms with van der Waals surface area (Å²) in [7, 11) is 0. The number of aromatic nitrogens is 1. The number of amides is 1. The van der Waals surface area contributed by atoms with Gasteiger partial charge in [-0.05, 0) is 166 Å². The van der Waals surface area contributed by atoms with Gasteiger partial charge in [0, 0.05) is 17.3 Å². The maximum atomic E-state index is 11.1. The van der Waals surface area contributed by atoms with Crippen LogP contribution in [0.1, 0.15) is 167 Å².